The maximum Gasteiger partial charge on any atom is 0.410 e. The van der Waals surface area contributed by atoms with Crippen molar-refractivity contribution in [2.45, 2.75) is 65.6 Å². The van der Waals surface area contributed by atoms with E-state index in [9.17, 15) is 4.79 Å². The molecule has 0 radical (unpaired) electrons. The number of carbonyl (C=O) groups excluding carboxylic acids is 1. The Kier molecular flexibility index (Phi) is 8.82. The van der Waals surface area contributed by atoms with Crippen LogP contribution in [0.4, 0.5) is 4.79 Å². The summed E-state index contributed by atoms with van der Waals surface area (Å²) in [6, 6.07) is 3.88. The average Bonchev–Trinajstić information content (AvgIpc) is 2.78. The van der Waals surface area contributed by atoms with Gasteiger partial charge >= 0.3 is 6.09 Å². The van der Waals surface area contributed by atoms with Gasteiger partial charge in [0.05, 0.1) is 17.4 Å². The van der Waals surface area contributed by atoms with Crippen LogP contribution in [0.15, 0.2) is 18.5 Å². The minimum atomic E-state index is -0.272. The number of likely N-dealkylation sites (tertiary alicyclic amines) is 1. The lowest BCUT2D eigenvalue weighted by Gasteiger charge is -2.31. The van der Waals surface area contributed by atoms with Crippen LogP contribution in [0.25, 0.3) is 0 Å². The van der Waals surface area contributed by atoms with Crippen molar-refractivity contribution < 1.29 is 23.7 Å². The largest absolute Gasteiger partial charge is 0.474 e. The van der Waals surface area contributed by atoms with Crippen molar-refractivity contribution in [3.8, 4) is 17.5 Å². The normalized spacial score (nSPS) is 14.4. The lowest BCUT2D eigenvalue weighted by molar-refractivity contribution is 0.0505. The summed E-state index contributed by atoms with van der Waals surface area (Å²) in [5, 5.41) is 0. The lowest BCUT2D eigenvalue weighted by atomic mass is 10.1. The number of pyridine rings is 1. The number of carbonyl (C=O) groups is 1. The summed E-state index contributed by atoms with van der Waals surface area (Å²) in [6.45, 7) is 9.38. The molecule has 180 valence electrons. The molecule has 1 fully saturated rings. The zero-order valence-corrected chi connectivity index (χ0v) is 20.2. The van der Waals surface area contributed by atoms with E-state index in [1.807, 2.05) is 39.8 Å². The number of amides is 1. The van der Waals surface area contributed by atoms with Gasteiger partial charge in [-0.3, -0.25) is 4.98 Å². The van der Waals surface area contributed by atoms with Crippen LogP contribution in [0.1, 0.15) is 50.1 Å². The fraction of sp³-hybridized carbons (Fsp3) is 0.583. The highest BCUT2D eigenvalue weighted by Gasteiger charge is 2.26. The molecule has 0 spiro atoms. The standard InChI is InChI=1S/C24H34N4O5/c1-16(2)31-24(29)28-12-10-20(11-13-28)32-22-17(3)23(26-15-25-22)33-21-9-8-19(27-18(21)4)7-6-14-30-5/h8-9,15-16,20H,6-7,10-14H2,1-5H3. The zero-order valence-electron chi connectivity index (χ0n) is 20.2. The van der Waals surface area contributed by atoms with E-state index in [0.29, 0.717) is 50.0 Å². The molecule has 33 heavy (non-hydrogen) atoms. The van der Waals surface area contributed by atoms with E-state index in [1.165, 1.54) is 6.33 Å². The number of ether oxygens (including phenoxy) is 4. The van der Waals surface area contributed by atoms with Crippen LogP contribution in [-0.2, 0) is 15.9 Å². The van der Waals surface area contributed by atoms with Gasteiger partial charge in [0.15, 0.2) is 5.75 Å². The molecule has 2 aromatic heterocycles. The number of hydrogen-bond acceptors (Lipinski definition) is 8. The minimum Gasteiger partial charge on any atom is -0.474 e. The molecule has 0 atom stereocenters. The third kappa shape index (κ3) is 7.02. The quantitative estimate of drug-likeness (QED) is 0.515. The predicted molar refractivity (Wildman–Crippen MR) is 123 cm³/mol. The first-order chi connectivity index (χ1) is 15.9. The fourth-order valence-corrected chi connectivity index (χ4v) is 3.58. The maximum atomic E-state index is 12.1. The second-order valence-electron chi connectivity index (χ2n) is 8.43. The molecule has 0 bridgehead atoms. The molecule has 3 rings (SSSR count). The van der Waals surface area contributed by atoms with Crippen LogP contribution in [0.5, 0.6) is 17.5 Å². The highest BCUT2D eigenvalue weighted by molar-refractivity contribution is 5.67. The Hall–Kier alpha value is -2.94. The number of piperidine rings is 1. The van der Waals surface area contributed by atoms with Crippen molar-refractivity contribution in [2.75, 3.05) is 26.8 Å². The Balaban J connectivity index is 1.59. The molecule has 1 aliphatic heterocycles. The Bertz CT molecular complexity index is 929. The Morgan fingerprint density at radius 3 is 2.55 bits per heavy atom. The molecule has 0 aliphatic carbocycles. The van der Waals surface area contributed by atoms with E-state index in [-0.39, 0.29) is 18.3 Å². The molecule has 1 saturated heterocycles. The van der Waals surface area contributed by atoms with Gasteiger partial charge < -0.3 is 23.8 Å². The minimum absolute atomic E-state index is 0.0377. The summed E-state index contributed by atoms with van der Waals surface area (Å²) in [5.41, 5.74) is 2.53. The maximum absolute atomic E-state index is 12.1. The second-order valence-corrected chi connectivity index (χ2v) is 8.43. The zero-order chi connectivity index (χ0) is 23.8. The van der Waals surface area contributed by atoms with Crippen LogP contribution < -0.4 is 9.47 Å². The SMILES string of the molecule is COCCCc1ccc(Oc2ncnc(OC3CCN(C(=O)OC(C)C)CC3)c2C)c(C)n1. The number of nitrogens with zero attached hydrogens (tertiary/aromatic N) is 4. The van der Waals surface area contributed by atoms with Gasteiger partial charge in [-0.15, -0.1) is 0 Å². The van der Waals surface area contributed by atoms with Crippen LogP contribution in [0.2, 0.25) is 0 Å². The molecule has 3 heterocycles. The first-order valence-corrected chi connectivity index (χ1v) is 11.4. The van der Waals surface area contributed by atoms with Gasteiger partial charge in [-0.05, 0) is 52.7 Å². The molecular weight excluding hydrogens is 424 g/mol. The van der Waals surface area contributed by atoms with Gasteiger partial charge in [-0.2, -0.15) is 0 Å². The molecule has 0 aromatic carbocycles. The van der Waals surface area contributed by atoms with Crippen LogP contribution >= 0.6 is 0 Å². The fourth-order valence-electron chi connectivity index (χ4n) is 3.58. The monoisotopic (exact) mass is 458 g/mol. The topological polar surface area (TPSA) is 95.9 Å². The van der Waals surface area contributed by atoms with Crippen molar-refractivity contribution in [1.29, 1.82) is 0 Å². The van der Waals surface area contributed by atoms with Gasteiger partial charge in [0.1, 0.15) is 12.4 Å². The Labute approximate surface area is 195 Å². The van der Waals surface area contributed by atoms with Crippen molar-refractivity contribution in [3.63, 3.8) is 0 Å². The predicted octanol–water partition coefficient (Wildman–Crippen LogP) is 4.25. The van der Waals surface area contributed by atoms with Gasteiger partial charge in [0, 0.05) is 45.3 Å². The Morgan fingerprint density at radius 1 is 1.15 bits per heavy atom. The van der Waals surface area contributed by atoms with Crippen molar-refractivity contribution in [3.05, 3.63) is 35.4 Å². The van der Waals surface area contributed by atoms with Crippen LogP contribution in [-0.4, -0.2) is 65.0 Å². The highest BCUT2D eigenvalue weighted by atomic mass is 16.6. The summed E-state index contributed by atoms with van der Waals surface area (Å²) in [6.07, 6.45) is 4.20. The number of aromatic nitrogens is 3. The third-order valence-corrected chi connectivity index (χ3v) is 5.39. The second kappa shape index (κ2) is 11.8. The summed E-state index contributed by atoms with van der Waals surface area (Å²) in [7, 11) is 1.70. The summed E-state index contributed by atoms with van der Waals surface area (Å²) >= 11 is 0. The van der Waals surface area contributed by atoms with Crippen LogP contribution in [0, 0.1) is 13.8 Å². The molecule has 9 heteroatoms. The van der Waals surface area contributed by atoms with Crippen molar-refractivity contribution >= 4 is 6.09 Å². The summed E-state index contributed by atoms with van der Waals surface area (Å²) < 4.78 is 22.6. The average molecular weight is 459 g/mol. The number of rotatable bonds is 9. The number of aryl methyl sites for hydroxylation is 2. The molecule has 0 N–H and O–H groups in total. The van der Waals surface area contributed by atoms with Gasteiger partial charge in [-0.25, -0.2) is 14.8 Å². The van der Waals surface area contributed by atoms with Gasteiger partial charge in [0.2, 0.25) is 11.8 Å². The first kappa shape index (κ1) is 24.7. The van der Waals surface area contributed by atoms with Gasteiger partial charge in [0.25, 0.3) is 0 Å². The molecule has 0 saturated carbocycles. The highest BCUT2D eigenvalue weighted by Crippen LogP contribution is 2.30. The van der Waals surface area contributed by atoms with E-state index >= 15 is 0 Å². The van der Waals surface area contributed by atoms with E-state index in [2.05, 4.69) is 15.0 Å². The molecule has 0 unspecified atom stereocenters. The van der Waals surface area contributed by atoms with Crippen molar-refractivity contribution in [2.24, 2.45) is 0 Å². The van der Waals surface area contributed by atoms with Gasteiger partial charge in [-0.1, -0.05) is 0 Å². The summed E-state index contributed by atoms with van der Waals surface area (Å²) in [4.78, 5) is 27.0. The first-order valence-electron chi connectivity index (χ1n) is 11.4. The molecule has 1 aliphatic rings. The lowest BCUT2D eigenvalue weighted by Crippen LogP contribution is -2.42. The third-order valence-electron chi connectivity index (χ3n) is 5.39. The molecule has 2 aromatic rings. The number of methoxy groups -OCH3 is 1. The summed E-state index contributed by atoms with van der Waals surface area (Å²) in [5.74, 6) is 1.58. The van der Waals surface area contributed by atoms with E-state index in [4.69, 9.17) is 18.9 Å². The van der Waals surface area contributed by atoms with E-state index in [1.54, 1.807) is 12.0 Å². The molecule has 9 nitrogen and oxygen atoms in total. The van der Waals surface area contributed by atoms with Crippen LogP contribution in [0.3, 0.4) is 0 Å². The number of hydrogen-bond donors (Lipinski definition) is 0. The van der Waals surface area contributed by atoms with Crippen molar-refractivity contribution in [1.82, 2.24) is 19.9 Å². The van der Waals surface area contributed by atoms with E-state index in [0.717, 1.165) is 29.8 Å². The Morgan fingerprint density at radius 2 is 1.88 bits per heavy atom. The smallest absolute Gasteiger partial charge is 0.410 e. The molecular formula is C24H34N4O5. The van der Waals surface area contributed by atoms with E-state index < -0.39 is 0 Å². The molecule has 1 amide bonds.